The van der Waals surface area contributed by atoms with E-state index in [0.717, 1.165) is 0 Å². The average Bonchev–Trinajstić information content (AvgIpc) is 2.83. The molecule has 4 nitrogen and oxygen atoms in total. The van der Waals surface area contributed by atoms with Crippen LogP contribution in [0.15, 0.2) is 29.2 Å². The molecule has 2 rings (SSSR count). The monoisotopic (exact) mass is 267 g/mol. The van der Waals surface area contributed by atoms with Crippen molar-refractivity contribution >= 4 is 16.7 Å². The van der Waals surface area contributed by atoms with E-state index in [1.807, 2.05) is 6.92 Å². The number of aliphatic hydroxyl groups is 1. The largest absolute Gasteiger partial charge is 0.391 e. The Labute approximate surface area is 109 Å². The summed E-state index contributed by atoms with van der Waals surface area (Å²) >= 11 is 0. The lowest BCUT2D eigenvalue weighted by Gasteiger charge is -2.17. The maximum atomic E-state index is 12.3. The molecule has 0 saturated carbocycles. The molecule has 0 aromatic heterocycles. The van der Waals surface area contributed by atoms with Crippen molar-refractivity contribution in [1.82, 2.24) is 4.90 Å². The number of likely N-dealkylation sites (tertiary alicyclic amines) is 1. The van der Waals surface area contributed by atoms with Crippen molar-refractivity contribution in [3.63, 3.8) is 0 Å². The van der Waals surface area contributed by atoms with E-state index in [4.69, 9.17) is 0 Å². The number of carbonyl (C=O) groups is 1. The Morgan fingerprint density at radius 3 is 2.83 bits per heavy atom. The van der Waals surface area contributed by atoms with Crippen molar-refractivity contribution in [3.05, 3.63) is 29.8 Å². The molecule has 0 spiro atoms. The fraction of sp³-hybridized carbons (Fsp3) is 0.462. The van der Waals surface area contributed by atoms with Crippen molar-refractivity contribution in [1.29, 1.82) is 0 Å². The summed E-state index contributed by atoms with van der Waals surface area (Å²) in [6.45, 7) is 2.76. The second-order valence-corrected chi connectivity index (χ2v) is 6.03. The van der Waals surface area contributed by atoms with E-state index in [2.05, 4.69) is 0 Å². The highest BCUT2D eigenvalue weighted by Crippen LogP contribution is 2.19. The third kappa shape index (κ3) is 2.62. The Morgan fingerprint density at radius 2 is 2.22 bits per heavy atom. The Bertz CT molecular complexity index is 475. The third-order valence-electron chi connectivity index (χ3n) is 3.08. The Kier molecular flexibility index (Phi) is 4.14. The molecule has 1 aliphatic heterocycles. The van der Waals surface area contributed by atoms with Crippen LogP contribution < -0.4 is 0 Å². The smallest absolute Gasteiger partial charge is 0.255 e. The van der Waals surface area contributed by atoms with Gasteiger partial charge in [-0.3, -0.25) is 9.00 Å². The summed E-state index contributed by atoms with van der Waals surface area (Å²) in [6.07, 6.45) is 0.183. The Balaban J connectivity index is 2.27. The van der Waals surface area contributed by atoms with E-state index < -0.39 is 16.9 Å². The number of hydrogen-bond donors (Lipinski definition) is 1. The van der Waals surface area contributed by atoms with Gasteiger partial charge in [-0.25, -0.2) is 0 Å². The predicted molar refractivity (Wildman–Crippen MR) is 69.9 cm³/mol. The molecule has 2 atom stereocenters. The van der Waals surface area contributed by atoms with Crippen LogP contribution in [0.1, 0.15) is 23.7 Å². The van der Waals surface area contributed by atoms with Gasteiger partial charge in [0.2, 0.25) is 0 Å². The van der Waals surface area contributed by atoms with Gasteiger partial charge in [0, 0.05) is 18.8 Å². The van der Waals surface area contributed by atoms with Gasteiger partial charge >= 0.3 is 0 Å². The quantitative estimate of drug-likeness (QED) is 0.889. The summed E-state index contributed by atoms with van der Waals surface area (Å²) in [4.78, 5) is 14.5. The molecular weight excluding hydrogens is 250 g/mol. The number of benzene rings is 1. The topological polar surface area (TPSA) is 57.6 Å². The normalized spacial score (nSPS) is 21.0. The standard InChI is InChI=1S/C13H17NO3S/c1-2-18(17)12-6-4-3-5-11(12)13(16)14-8-7-10(15)9-14/h3-6,10,15H,2,7-9H2,1H3/t10-,18?/m1/s1. The molecule has 1 saturated heterocycles. The van der Waals surface area contributed by atoms with Gasteiger partial charge in [-0.1, -0.05) is 19.1 Å². The van der Waals surface area contributed by atoms with Crippen LogP contribution in [-0.2, 0) is 10.8 Å². The molecule has 0 radical (unpaired) electrons. The second-order valence-electron chi connectivity index (χ2n) is 4.32. The maximum absolute atomic E-state index is 12.3. The van der Waals surface area contributed by atoms with E-state index in [0.29, 0.717) is 35.7 Å². The highest BCUT2D eigenvalue weighted by Gasteiger charge is 2.27. The molecule has 5 heteroatoms. The molecule has 98 valence electrons. The van der Waals surface area contributed by atoms with Crippen molar-refractivity contribution in [3.8, 4) is 0 Å². The maximum Gasteiger partial charge on any atom is 0.255 e. The molecule has 0 aliphatic carbocycles. The SMILES string of the molecule is CCS(=O)c1ccccc1C(=O)N1CC[C@@H](O)C1. The van der Waals surface area contributed by atoms with E-state index in [-0.39, 0.29) is 5.91 Å². The van der Waals surface area contributed by atoms with Crippen LogP contribution in [0.4, 0.5) is 0 Å². The summed E-state index contributed by atoms with van der Waals surface area (Å²) in [5.74, 6) is 0.358. The fourth-order valence-corrected chi connectivity index (χ4v) is 3.04. The van der Waals surface area contributed by atoms with Crippen LogP contribution in [0.5, 0.6) is 0 Å². The van der Waals surface area contributed by atoms with Crippen molar-refractivity contribution in [2.24, 2.45) is 0 Å². The summed E-state index contributed by atoms with van der Waals surface area (Å²) in [5, 5.41) is 9.47. The first-order valence-electron chi connectivity index (χ1n) is 6.08. The lowest BCUT2D eigenvalue weighted by Crippen LogP contribution is -2.30. The molecule has 0 bridgehead atoms. The first kappa shape index (κ1) is 13.2. The lowest BCUT2D eigenvalue weighted by atomic mass is 10.2. The number of β-amino-alcohol motifs (C(OH)–C–C–N with tert-alkyl or cyclic N) is 1. The lowest BCUT2D eigenvalue weighted by molar-refractivity contribution is 0.0761. The Morgan fingerprint density at radius 1 is 1.50 bits per heavy atom. The number of hydrogen-bond acceptors (Lipinski definition) is 3. The third-order valence-corrected chi connectivity index (χ3v) is 4.45. The van der Waals surface area contributed by atoms with Gasteiger partial charge < -0.3 is 10.0 Å². The zero-order valence-electron chi connectivity index (χ0n) is 10.3. The molecular formula is C13H17NO3S. The fourth-order valence-electron chi connectivity index (χ4n) is 2.09. The number of carbonyl (C=O) groups excluding carboxylic acids is 1. The first-order chi connectivity index (χ1) is 8.63. The highest BCUT2D eigenvalue weighted by atomic mass is 32.2. The molecule has 1 aromatic rings. The van der Waals surface area contributed by atoms with Crippen molar-refractivity contribution < 1.29 is 14.1 Å². The zero-order chi connectivity index (χ0) is 13.1. The number of nitrogens with zero attached hydrogens (tertiary/aromatic N) is 1. The summed E-state index contributed by atoms with van der Waals surface area (Å²) in [7, 11) is -1.14. The summed E-state index contributed by atoms with van der Waals surface area (Å²) in [5.41, 5.74) is 0.492. The summed E-state index contributed by atoms with van der Waals surface area (Å²) in [6, 6.07) is 7.00. The van der Waals surface area contributed by atoms with Gasteiger partial charge in [0.25, 0.3) is 5.91 Å². The number of amides is 1. The molecule has 1 fully saturated rings. The van der Waals surface area contributed by atoms with E-state index in [9.17, 15) is 14.1 Å². The van der Waals surface area contributed by atoms with E-state index in [1.54, 1.807) is 29.2 Å². The van der Waals surface area contributed by atoms with E-state index >= 15 is 0 Å². The predicted octanol–water partition coefficient (Wildman–Crippen LogP) is 1.02. The van der Waals surface area contributed by atoms with Crippen molar-refractivity contribution in [2.75, 3.05) is 18.8 Å². The number of aliphatic hydroxyl groups excluding tert-OH is 1. The number of rotatable bonds is 3. The van der Waals surface area contributed by atoms with E-state index in [1.165, 1.54) is 0 Å². The van der Waals surface area contributed by atoms with Gasteiger partial charge in [0.1, 0.15) is 0 Å². The van der Waals surface area contributed by atoms with Crippen LogP contribution in [0.3, 0.4) is 0 Å². The zero-order valence-corrected chi connectivity index (χ0v) is 11.2. The Hall–Kier alpha value is -1.20. The van der Waals surface area contributed by atoms with Gasteiger partial charge in [-0.15, -0.1) is 0 Å². The molecule has 18 heavy (non-hydrogen) atoms. The van der Waals surface area contributed by atoms with Crippen molar-refractivity contribution in [2.45, 2.75) is 24.3 Å². The minimum atomic E-state index is -1.14. The second kappa shape index (κ2) is 5.63. The first-order valence-corrected chi connectivity index (χ1v) is 7.40. The van der Waals surface area contributed by atoms with Crippen LogP contribution in [0.2, 0.25) is 0 Å². The molecule has 1 unspecified atom stereocenters. The highest BCUT2D eigenvalue weighted by molar-refractivity contribution is 7.85. The molecule has 1 amide bonds. The van der Waals surface area contributed by atoms with Gasteiger partial charge in [0.15, 0.2) is 0 Å². The van der Waals surface area contributed by atoms with Gasteiger partial charge in [-0.2, -0.15) is 0 Å². The average molecular weight is 267 g/mol. The molecule has 1 aromatic carbocycles. The minimum Gasteiger partial charge on any atom is -0.391 e. The van der Waals surface area contributed by atoms with Crippen LogP contribution in [-0.4, -0.2) is 45.1 Å². The minimum absolute atomic E-state index is 0.135. The van der Waals surface area contributed by atoms with Crippen LogP contribution in [0.25, 0.3) is 0 Å². The molecule has 1 aliphatic rings. The van der Waals surface area contributed by atoms with Gasteiger partial charge in [0.05, 0.1) is 27.4 Å². The summed E-state index contributed by atoms with van der Waals surface area (Å²) < 4.78 is 11.9. The molecule has 1 heterocycles. The van der Waals surface area contributed by atoms with Crippen LogP contribution in [0, 0.1) is 0 Å². The van der Waals surface area contributed by atoms with Gasteiger partial charge in [-0.05, 0) is 18.6 Å². The van der Waals surface area contributed by atoms with Crippen LogP contribution >= 0.6 is 0 Å². The molecule has 1 N–H and O–H groups in total.